The second-order valence-corrected chi connectivity index (χ2v) is 8.48. The predicted molar refractivity (Wildman–Crippen MR) is 133 cm³/mol. The van der Waals surface area contributed by atoms with Gasteiger partial charge >= 0.3 is 0 Å². The first-order valence-corrected chi connectivity index (χ1v) is 11.7. The summed E-state index contributed by atoms with van der Waals surface area (Å²) >= 11 is 0. The molecule has 1 atom stereocenters. The summed E-state index contributed by atoms with van der Waals surface area (Å²) in [6, 6.07) is 25.9. The number of fused-ring (bicyclic) bond motifs is 1. The molecule has 0 aromatic heterocycles. The van der Waals surface area contributed by atoms with Gasteiger partial charge in [-0.15, -0.1) is 0 Å². The Labute approximate surface area is 188 Å². The van der Waals surface area contributed by atoms with Crippen LogP contribution in [0, 0.1) is 5.92 Å². The number of aryl methyl sites for hydroxylation is 1. The van der Waals surface area contributed by atoms with Gasteiger partial charge in [0.2, 0.25) is 0 Å². The van der Waals surface area contributed by atoms with Crippen LogP contribution in [0.3, 0.4) is 0 Å². The minimum Gasteiger partial charge on any atom is -0.489 e. The lowest BCUT2D eigenvalue weighted by Gasteiger charge is -2.26. The molecule has 0 radical (unpaired) electrons. The maximum Gasteiger partial charge on any atom is 0.120 e. The van der Waals surface area contributed by atoms with Crippen LogP contribution in [0.5, 0.6) is 5.75 Å². The minimum atomic E-state index is 0.610. The van der Waals surface area contributed by atoms with Crippen molar-refractivity contribution in [3.63, 3.8) is 0 Å². The third-order valence-corrected chi connectivity index (χ3v) is 5.96. The van der Waals surface area contributed by atoms with Crippen molar-refractivity contribution in [2.75, 3.05) is 20.6 Å². The van der Waals surface area contributed by atoms with Crippen molar-refractivity contribution in [1.29, 1.82) is 0 Å². The molecular formula is C29H37NO. The van der Waals surface area contributed by atoms with Gasteiger partial charge in [-0.3, -0.25) is 0 Å². The Kier molecular flexibility index (Phi) is 8.73. The molecule has 4 rings (SSSR count). The Morgan fingerprint density at radius 1 is 0.839 bits per heavy atom. The van der Waals surface area contributed by atoms with Crippen molar-refractivity contribution >= 4 is 0 Å². The third-order valence-electron chi connectivity index (χ3n) is 5.96. The van der Waals surface area contributed by atoms with Crippen LogP contribution in [0.15, 0.2) is 72.8 Å². The molecule has 1 unspecified atom stereocenters. The number of rotatable bonds is 7. The van der Waals surface area contributed by atoms with E-state index in [9.17, 15) is 0 Å². The van der Waals surface area contributed by atoms with Crippen molar-refractivity contribution in [3.05, 3.63) is 89.5 Å². The summed E-state index contributed by atoms with van der Waals surface area (Å²) in [6.07, 6.45) is 4.98. The largest absolute Gasteiger partial charge is 0.489 e. The lowest BCUT2D eigenvalue weighted by Crippen LogP contribution is -2.21. The molecule has 2 heteroatoms. The second kappa shape index (κ2) is 11.7. The van der Waals surface area contributed by atoms with Crippen LogP contribution >= 0.6 is 0 Å². The molecule has 0 aliphatic heterocycles. The average Bonchev–Trinajstić information content (AvgIpc) is 2.83. The Morgan fingerprint density at radius 2 is 1.55 bits per heavy atom. The van der Waals surface area contributed by atoms with Crippen LogP contribution in [0.2, 0.25) is 0 Å². The van der Waals surface area contributed by atoms with E-state index in [2.05, 4.69) is 85.7 Å². The van der Waals surface area contributed by atoms with E-state index in [0.29, 0.717) is 6.61 Å². The summed E-state index contributed by atoms with van der Waals surface area (Å²) < 4.78 is 6.10. The van der Waals surface area contributed by atoms with Crippen LogP contribution in [0.4, 0.5) is 0 Å². The highest BCUT2D eigenvalue weighted by Crippen LogP contribution is 2.30. The minimum absolute atomic E-state index is 0.610. The van der Waals surface area contributed by atoms with Crippen molar-refractivity contribution < 1.29 is 4.74 Å². The monoisotopic (exact) mass is 415 g/mol. The lowest BCUT2D eigenvalue weighted by molar-refractivity contribution is 0.304. The maximum atomic E-state index is 6.10. The fraction of sp³-hybridized carbons (Fsp3) is 0.379. The standard InChI is InChI=1S/C27H31NO.C2H6/c1-28(2)17-16-21-8-13-26-19-27(15-14-25(26)18-21)29-20-22-9-11-24(12-10-22)23-6-4-3-5-7-23;1-2/h3-7,9-12,14-15,19,21H,8,13,16-18,20H2,1-2H3;1-2H3. The van der Waals surface area contributed by atoms with Gasteiger partial charge in [0, 0.05) is 0 Å². The Bertz CT molecular complexity index is 915. The molecule has 0 saturated heterocycles. The third kappa shape index (κ3) is 6.70. The summed E-state index contributed by atoms with van der Waals surface area (Å²) in [5.74, 6) is 1.81. The first-order chi connectivity index (χ1) is 15.2. The predicted octanol–water partition coefficient (Wildman–Crippen LogP) is 7.02. The van der Waals surface area contributed by atoms with Gasteiger partial charge in [-0.2, -0.15) is 0 Å². The number of ether oxygens (including phenoxy) is 1. The van der Waals surface area contributed by atoms with Crippen molar-refractivity contribution in [1.82, 2.24) is 4.90 Å². The molecule has 2 nitrogen and oxygen atoms in total. The normalized spacial score (nSPS) is 15.1. The van der Waals surface area contributed by atoms with E-state index in [4.69, 9.17) is 4.74 Å². The molecule has 1 aliphatic rings. The zero-order chi connectivity index (χ0) is 22.1. The van der Waals surface area contributed by atoms with Gasteiger partial charge < -0.3 is 9.64 Å². The van der Waals surface area contributed by atoms with E-state index in [1.165, 1.54) is 60.0 Å². The molecule has 1 aliphatic carbocycles. The molecule has 0 N–H and O–H groups in total. The summed E-state index contributed by atoms with van der Waals surface area (Å²) in [4.78, 5) is 2.29. The van der Waals surface area contributed by atoms with Crippen molar-refractivity contribution in [2.45, 2.75) is 46.1 Å². The second-order valence-electron chi connectivity index (χ2n) is 8.48. The van der Waals surface area contributed by atoms with Crippen molar-refractivity contribution in [2.24, 2.45) is 5.92 Å². The first kappa shape index (κ1) is 23.1. The van der Waals surface area contributed by atoms with E-state index in [0.717, 1.165) is 11.7 Å². The van der Waals surface area contributed by atoms with Crippen LogP contribution < -0.4 is 4.74 Å². The molecule has 0 bridgehead atoms. The molecule has 0 spiro atoms. The van der Waals surface area contributed by atoms with Gasteiger partial charge in [0.05, 0.1) is 0 Å². The topological polar surface area (TPSA) is 12.5 Å². The molecule has 164 valence electrons. The molecule has 0 heterocycles. The fourth-order valence-corrected chi connectivity index (χ4v) is 4.17. The summed E-state index contributed by atoms with van der Waals surface area (Å²) in [5.41, 5.74) is 6.68. The number of nitrogens with zero attached hydrogens (tertiary/aromatic N) is 1. The number of hydrogen-bond donors (Lipinski definition) is 0. The SMILES string of the molecule is CC.CN(C)CCC1CCc2cc(OCc3ccc(-c4ccccc4)cc3)ccc2C1. The molecule has 31 heavy (non-hydrogen) atoms. The average molecular weight is 416 g/mol. The Balaban J connectivity index is 0.00000132. The maximum absolute atomic E-state index is 6.10. The highest BCUT2D eigenvalue weighted by molar-refractivity contribution is 5.63. The quantitative estimate of drug-likeness (QED) is 0.411. The van der Waals surface area contributed by atoms with Crippen LogP contribution in [0.25, 0.3) is 11.1 Å². The molecule has 0 fully saturated rings. The van der Waals surface area contributed by atoms with Gasteiger partial charge in [0.1, 0.15) is 12.4 Å². The van der Waals surface area contributed by atoms with E-state index < -0.39 is 0 Å². The Morgan fingerprint density at radius 3 is 2.26 bits per heavy atom. The molecule has 3 aromatic carbocycles. The molecule has 0 saturated carbocycles. The number of hydrogen-bond acceptors (Lipinski definition) is 2. The van der Waals surface area contributed by atoms with Crippen LogP contribution in [-0.2, 0) is 19.4 Å². The fourth-order valence-electron chi connectivity index (χ4n) is 4.17. The Hall–Kier alpha value is -2.58. The zero-order valence-corrected chi connectivity index (χ0v) is 19.6. The van der Waals surface area contributed by atoms with Gasteiger partial charge in [-0.1, -0.05) is 74.5 Å². The summed E-state index contributed by atoms with van der Waals surface area (Å²) in [5, 5.41) is 0. The van der Waals surface area contributed by atoms with E-state index >= 15 is 0 Å². The van der Waals surface area contributed by atoms with Crippen LogP contribution in [-0.4, -0.2) is 25.5 Å². The zero-order valence-electron chi connectivity index (χ0n) is 19.6. The van der Waals surface area contributed by atoms with Gasteiger partial charge in [0.15, 0.2) is 0 Å². The summed E-state index contributed by atoms with van der Waals surface area (Å²) in [7, 11) is 4.32. The smallest absolute Gasteiger partial charge is 0.120 e. The van der Waals surface area contributed by atoms with E-state index in [1.54, 1.807) is 0 Å². The molecule has 3 aromatic rings. The van der Waals surface area contributed by atoms with Gasteiger partial charge in [0.25, 0.3) is 0 Å². The van der Waals surface area contributed by atoms with Gasteiger partial charge in [-0.25, -0.2) is 0 Å². The lowest BCUT2D eigenvalue weighted by atomic mass is 9.82. The van der Waals surface area contributed by atoms with E-state index in [1.807, 2.05) is 19.9 Å². The highest BCUT2D eigenvalue weighted by atomic mass is 16.5. The van der Waals surface area contributed by atoms with Gasteiger partial charge in [-0.05, 0) is 92.2 Å². The van der Waals surface area contributed by atoms with E-state index in [-0.39, 0.29) is 0 Å². The van der Waals surface area contributed by atoms with Crippen molar-refractivity contribution in [3.8, 4) is 16.9 Å². The van der Waals surface area contributed by atoms with Crippen LogP contribution in [0.1, 0.15) is 43.4 Å². The summed E-state index contributed by atoms with van der Waals surface area (Å²) in [6.45, 7) is 5.80. The molecular weight excluding hydrogens is 378 g/mol. The highest BCUT2D eigenvalue weighted by Gasteiger charge is 2.19. The first-order valence-electron chi connectivity index (χ1n) is 11.7. The number of benzene rings is 3. The molecule has 0 amide bonds.